The standard InChI is InChI=1S/C17H15F3N4O3S/c18-17(19,20)11-3-1-4-12(7-11)21-8-14-22-23-16(28-10-15(25)26)24(14)9-13-5-2-6-27-13/h1-7,21H,8-10H2,(H,25,26)/p-1. The van der Waals surface area contributed by atoms with Crippen LogP contribution in [0.25, 0.3) is 0 Å². The molecule has 7 nitrogen and oxygen atoms in total. The van der Waals surface area contributed by atoms with Gasteiger partial charge in [-0.2, -0.15) is 13.2 Å². The Balaban J connectivity index is 1.78. The number of halogens is 3. The van der Waals surface area contributed by atoms with Crippen LogP contribution in [-0.2, 0) is 24.1 Å². The number of carboxylic acid groups (broad SMARTS) is 1. The summed E-state index contributed by atoms with van der Waals surface area (Å²) in [7, 11) is 0. The highest BCUT2D eigenvalue weighted by molar-refractivity contribution is 7.99. The fourth-order valence-corrected chi connectivity index (χ4v) is 3.06. The molecule has 148 valence electrons. The zero-order valence-electron chi connectivity index (χ0n) is 14.3. The van der Waals surface area contributed by atoms with Crippen LogP contribution in [0.3, 0.4) is 0 Å². The minimum absolute atomic E-state index is 0.0842. The zero-order valence-corrected chi connectivity index (χ0v) is 15.1. The van der Waals surface area contributed by atoms with Gasteiger partial charge in [0.15, 0.2) is 11.0 Å². The molecule has 0 bridgehead atoms. The Kier molecular flexibility index (Phi) is 5.93. The number of aromatic nitrogens is 3. The Morgan fingerprint density at radius 3 is 2.75 bits per heavy atom. The molecule has 0 radical (unpaired) electrons. The number of thioether (sulfide) groups is 1. The Hall–Kier alpha value is -2.95. The van der Waals surface area contributed by atoms with E-state index in [9.17, 15) is 23.1 Å². The second kappa shape index (κ2) is 8.38. The first kappa shape index (κ1) is 19.8. The van der Waals surface area contributed by atoms with Crippen molar-refractivity contribution >= 4 is 23.4 Å². The molecule has 0 saturated carbocycles. The van der Waals surface area contributed by atoms with Gasteiger partial charge in [0, 0.05) is 11.4 Å². The molecule has 0 saturated heterocycles. The lowest BCUT2D eigenvalue weighted by molar-refractivity contribution is -0.301. The molecule has 0 fully saturated rings. The van der Waals surface area contributed by atoms with Crippen molar-refractivity contribution in [3.63, 3.8) is 0 Å². The summed E-state index contributed by atoms with van der Waals surface area (Å²) in [5.41, 5.74) is -0.494. The molecule has 2 aromatic heterocycles. The Bertz CT molecular complexity index is 942. The normalized spacial score (nSPS) is 11.5. The number of rotatable bonds is 8. The molecular weight excluding hydrogens is 397 g/mol. The van der Waals surface area contributed by atoms with Crippen LogP contribution in [0.2, 0.25) is 0 Å². The molecule has 3 rings (SSSR count). The highest BCUT2D eigenvalue weighted by Crippen LogP contribution is 2.30. The maximum Gasteiger partial charge on any atom is 0.416 e. The number of alkyl halides is 3. The Morgan fingerprint density at radius 1 is 1.25 bits per heavy atom. The van der Waals surface area contributed by atoms with Crippen LogP contribution in [-0.4, -0.2) is 26.5 Å². The summed E-state index contributed by atoms with van der Waals surface area (Å²) < 4.78 is 45.4. The number of nitrogens with zero attached hydrogens (tertiary/aromatic N) is 3. The number of aliphatic carboxylic acids is 1. The molecule has 1 N–H and O–H groups in total. The summed E-state index contributed by atoms with van der Waals surface area (Å²) in [5.74, 6) is -0.552. The number of carbonyl (C=O) groups excluding carboxylic acids is 1. The molecule has 0 amide bonds. The number of nitrogens with one attached hydrogen (secondary N) is 1. The molecule has 11 heteroatoms. The van der Waals surface area contributed by atoms with Gasteiger partial charge in [-0.15, -0.1) is 10.2 Å². The second-order valence-electron chi connectivity index (χ2n) is 5.66. The molecule has 2 heterocycles. The predicted molar refractivity (Wildman–Crippen MR) is 92.3 cm³/mol. The van der Waals surface area contributed by atoms with Crippen molar-refractivity contribution in [1.82, 2.24) is 14.8 Å². The van der Waals surface area contributed by atoms with Crippen LogP contribution in [0.5, 0.6) is 0 Å². The number of anilines is 1. The maximum atomic E-state index is 12.8. The third kappa shape index (κ3) is 5.06. The first-order chi connectivity index (χ1) is 13.3. The van der Waals surface area contributed by atoms with E-state index in [-0.39, 0.29) is 24.5 Å². The maximum absolute atomic E-state index is 12.8. The van der Waals surface area contributed by atoms with Crippen molar-refractivity contribution in [3.8, 4) is 0 Å². The number of hydrogen-bond donors (Lipinski definition) is 1. The molecule has 0 atom stereocenters. The number of carboxylic acids is 1. The van der Waals surface area contributed by atoms with Crippen molar-refractivity contribution in [2.24, 2.45) is 0 Å². The lowest BCUT2D eigenvalue weighted by Gasteiger charge is -2.12. The van der Waals surface area contributed by atoms with E-state index < -0.39 is 17.7 Å². The van der Waals surface area contributed by atoms with Crippen LogP contribution >= 0.6 is 11.8 Å². The zero-order chi connectivity index (χ0) is 20.1. The summed E-state index contributed by atoms with van der Waals surface area (Å²) >= 11 is 0.934. The highest BCUT2D eigenvalue weighted by Gasteiger charge is 2.30. The lowest BCUT2D eigenvalue weighted by Crippen LogP contribution is -2.24. The molecule has 0 unspecified atom stereocenters. The second-order valence-corrected chi connectivity index (χ2v) is 6.60. The molecule has 1 aromatic carbocycles. The smallest absolute Gasteiger partial charge is 0.416 e. The summed E-state index contributed by atoms with van der Waals surface area (Å²) in [6, 6.07) is 8.23. The minimum Gasteiger partial charge on any atom is -0.549 e. The number of furan rings is 1. The quantitative estimate of drug-likeness (QED) is 0.569. The van der Waals surface area contributed by atoms with Crippen molar-refractivity contribution in [3.05, 3.63) is 59.8 Å². The third-order valence-corrected chi connectivity index (χ3v) is 4.59. The van der Waals surface area contributed by atoms with Crippen molar-refractivity contribution in [1.29, 1.82) is 0 Å². The van der Waals surface area contributed by atoms with Crippen LogP contribution in [0.1, 0.15) is 17.1 Å². The lowest BCUT2D eigenvalue weighted by atomic mass is 10.2. The predicted octanol–water partition coefficient (Wildman–Crippen LogP) is 2.39. The topological polar surface area (TPSA) is 96.0 Å². The van der Waals surface area contributed by atoms with Crippen molar-refractivity contribution in [2.45, 2.75) is 24.4 Å². The fraction of sp³-hybridized carbons (Fsp3) is 0.235. The number of benzene rings is 1. The molecule has 28 heavy (non-hydrogen) atoms. The Morgan fingerprint density at radius 2 is 2.07 bits per heavy atom. The van der Waals surface area contributed by atoms with Gasteiger partial charge in [0.25, 0.3) is 0 Å². The Labute approximate surface area is 161 Å². The third-order valence-electron chi connectivity index (χ3n) is 3.65. The van der Waals surface area contributed by atoms with Gasteiger partial charge in [-0.3, -0.25) is 4.57 Å². The van der Waals surface area contributed by atoms with Crippen LogP contribution in [0.15, 0.2) is 52.2 Å². The van der Waals surface area contributed by atoms with Gasteiger partial charge >= 0.3 is 6.18 Å². The van der Waals surface area contributed by atoms with Gasteiger partial charge in [0.1, 0.15) is 5.76 Å². The number of carbonyl (C=O) groups is 1. The molecule has 0 aliphatic heterocycles. The molecule has 3 aromatic rings. The molecule has 0 spiro atoms. The van der Waals surface area contributed by atoms with Gasteiger partial charge in [-0.1, -0.05) is 17.8 Å². The number of hydrogen-bond acceptors (Lipinski definition) is 7. The first-order valence-corrected chi connectivity index (χ1v) is 8.99. The monoisotopic (exact) mass is 411 g/mol. The summed E-state index contributed by atoms with van der Waals surface area (Å²) in [6.45, 7) is 0.329. The van der Waals surface area contributed by atoms with E-state index in [0.717, 1.165) is 23.9 Å². The summed E-state index contributed by atoms with van der Waals surface area (Å²) in [6.07, 6.45) is -2.94. The van der Waals surface area contributed by atoms with Gasteiger partial charge in [-0.25, -0.2) is 0 Å². The van der Waals surface area contributed by atoms with Crippen LogP contribution < -0.4 is 10.4 Å². The average Bonchev–Trinajstić information content (AvgIpc) is 3.28. The average molecular weight is 411 g/mol. The van der Waals surface area contributed by atoms with E-state index in [1.54, 1.807) is 16.7 Å². The van der Waals surface area contributed by atoms with E-state index in [1.807, 2.05) is 0 Å². The van der Waals surface area contributed by atoms with Gasteiger partial charge in [0.05, 0.1) is 30.9 Å². The first-order valence-electron chi connectivity index (χ1n) is 8.01. The summed E-state index contributed by atoms with van der Waals surface area (Å²) in [4.78, 5) is 10.7. The van der Waals surface area contributed by atoms with E-state index >= 15 is 0 Å². The van der Waals surface area contributed by atoms with E-state index in [0.29, 0.717) is 16.7 Å². The van der Waals surface area contributed by atoms with E-state index in [4.69, 9.17) is 4.42 Å². The van der Waals surface area contributed by atoms with Gasteiger partial charge < -0.3 is 19.6 Å². The van der Waals surface area contributed by atoms with Crippen LogP contribution in [0, 0.1) is 0 Å². The largest absolute Gasteiger partial charge is 0.549 e. The molecular formula is C17H14F3N4O3S-. The SMILES string of the molecule is O=C([O-])CSc1nnc(CNc2cccc(C(F)(F)F)c2)n1Cc1ccco1. The molecule has 0 aliphatic carbocycles. The highest BCUT2D eigenvalue weighted by atomic mass is 32.2. The van der Waals surface area contributed by atoms with E-state index in [2.05, 4.69) is 15.5 Å². The fourth-order valence-electron chi connectivity index (χ4n) is 2.38. The van der Waals surface area contributed by atoms with Crippen molar-refractivity contribution in [2.75, 3.05) is 11.1 Å². The molecule has 0 aliphatic rings. The van der Waals surface area contributed by atoms with Crippen molar-refractivity contribution < 1.29 is 27.5 Å². The van der Waals surface area contributed by atoms with Gasteiger partial charge in [-0.05, 0) is 30.3 Å². The van der Waals surface area contributed by atoms with Crippen LogP contribution in [0.4, 0.5) is 18.9 Å². The van der Waals surface area contributed by atoms with Gasteiger partial charge in [0.2, 0.25) is 0 Å². The minimum atomic E-state index is -4.44. The summed E-state index contributed by atoms with van der Waals surface area (Å²) in [5, 5.41) is 21.9. The van der Waals surface area contributed by atoms with E-state index in [1.165, 1.54) is 18.4 Å².